The lowest BCUT2D eigenvalue weighted by atomic mass is 9.93. The number of nitrogens with two attached hydrogens (primary N) is 1. The fourth-order valence-corrected chi connectivity index (χ4v) is 1.79. The van der Waals surface area contributed by atoms with E-state index < -0.39 is 17.2 Å². The number of hydrogen-bond acceptors (Lipinski definition) is 5. The molecule has 6 heteroatoms. The van der Waals surface area contributed by atoms with Crippen LogP contribution >= 0.6 is 0 Å². The van der Waals surface area contributed by atoms with Gasteiger partial charge in [-0.2, -0.15) is 0 Å². The van der Waals surface area contributed by atoms with E-state index in [1.165, 1.54) is 0 Å². The number of carbonyl (C=O) groups excluding carboxylic acids is 1. The number of hydrogen-bond donors (Lipinski definition) is 2. The fourth-order valence-electron chi connectivity index (χ4n) is 1.79. The van der Waals surface area contributed by atoms with E-state index in [2.05, 4.69) is 0 Å². The first kappa shape index (κ1) is 15.2. The van der Waals surface area contributed by atoms with E-state index in [-0.39, 0.29) is 12.6 Å². The van der Waals surface area contributed by atoms with Crippen molar-refractivity contribution in [2.75, 3.05) is 26.4 Å². The molecule has 0 aromatic carbocycles. The highest BCUT2D eigenvalue weighted by Crippen LogP contribution is 2.20. The second-order valence-corrected chi connectivity index (χ2v) is 5.93. The van der Waals surface area contributed by atoms with Crippen LogP contribution in [0.5, 0.6) is 0 Å². The Hall–Kier alpha value is -0.850. The van der Waals surface area contributed by atoms with Crippen LogP contribution in [0.25, 0.3) is 0 Å². The lowest BCUT2D eigenvalue weighted by Crippen LogP contribution is -2.65. The Morgan fingerprint density at radius 2 is 2.11 bits per heavy atom. The number of carbonyl (C=O) groups is 1. The second kappa shape index (κ2) is 5.42. The smallest absolute Gasteiger partial charge is 0.410 e. The van der Waals surface area contributed by atoms with Gasteiger partial charge < -0.3 is 20.3 Å². The van der Waals surface area contributed by atoms with Crippen LogP contribution in [0.3, 0.4) is 0 Å². The molecule has 6 nitrogen and oxygen atoms in total. The number of rotatable bonds is 2. The third kappa shape index (κ3) is 3.83. The van der Waals surface area contributed by atoms with Crippen molar-refractivity contribution in [1.29, 1.82) is 0 Å². The summed E-state index contributed by atoms with van der Waals surface area (Å²) < 4.78 is 10.7. The monoisotopic (exact) mass is 260 g/mol. The number of ether oxygens (including phenoxy) is 2. The Balaban J connectivity index is 2.80. The summed E-state index contributed by atoms with van der Waals surface area (Å²) in [4.78, 5) is 13.6. The Bertz CT molecular complexity index is 299. The van der Waals surface area contributed by atoms with Crippen LogP contribution in [0.15, 0.2) is 0 Å². The molecule has 1 aliphatic rings. The van der Waals surface area contributed by atoms with Crippen LogP contribution in [0.1, 0.15) is 27.7 Å². The lowest BCUT2D eigenvalue weighted by Gasteiger charge is -2.43. The van der Waals surface area contributed by atoms with Gasteiger partial charge in [0.15, 0.2) is 0 Å². The summed E-state index contributed by atoms with van der Waals surface area (Å²) in [6, 6.07) is -0.383. The van der Waals surface area contributed by atoms with Crippen LogP contribution < -0.4 is 5.73 Å². The minimum Gasteiger partial charge on any atom is -0.444 e. The summed E-state index contributed by atoms with van der Waals surface area (Å²) in [6.07, 6.45) is -0.416. The molecule has 0 radical (unpaired) electrons. The van der Waals surface area contributed by atoms with Crippen molar-refractivity contribution in [2.45, 2.75) is 44.9 Å². The molecular weight excluding hydrogens is 236 g/mol. The third-order valence-electron chi connectivity index (χ3n) is 2.86. The molecule has 2 unspecified atom stereocenters. The molecule has 0 saturated carbocycles. The maximum Gasteiger partial charge on any atom is 0.410 e. The van der Waals surface area contributed by atoms with Gasteiger partial charge in [-0.1, -0.05) is 0 Å². The topological polar surface area (TPSA) is 85.0 Å². The zero-order chi connectivity index (χ0) is 14.0. The van der Waals surface area contributed by atoms with Gasteiger partial charge in [0.05, 0.1) is 31.4 Å². The van der Waals surface area contributed by atoms with Crippen LogP contribution in [-0.4, -0.2) is 59.6 Å². The molecule has 1 amide bonds. The van der Waals surface area contributed by atoms with Crippen LogP contribution in [0, 0.1) is 0 Å². The Labute approximate surface area is 108 Å². The van der Waals surface area contributed by atoms with Gasteiger partial charge in [0, 0.05) is 6.54 Å². The maximum atomic E-state index is 12.1. The van der Waals surface area contributed by atoms with Crippen LogP contribution in [-0.2, 0) is 9.47 Å². The molecule has 2 atom stereocenters. The third-order valence-corrected chi connectivity index (χ3v) is 2.86. The quantitative estimate of drug-likeness (QED) is 0.747. The van der Waals surface area contributed by atoms with E-state index in [0.29, 0.717) is 19.8 Å². The summed E-state index contributed by atoms with van der Waals surface area (Å²) in [5.41, 5.74) is 4.55. The zero-order valence-electron chi connectivity index (χ0n) is 11.6. The normalized spacial score (nSPS) is 24.6. The van der Waals surface area contributed by atoms with Crippen LogP contribution in [0.2, 0.25) is 0 Å². The molecule has 18 heavy (non-hydrogen) atoms. The van der Waals surface area contributed by atoms with Gasteiger partial charge in [0.25, 0.3) is 0 Å². The van der Waals surface area contributed by atoms with Crippen molar-refractivity contribution in [1.82, 2.24) is 4.90 Å². The molecule has 0 aromatic rings. The Kier molecular flexibility index (Phi) is 4.58. The van der Waals surface area contributed by atoms with Crippen molar-refractivity contribution >= 4 is 6.09 Å². The van der Waals surface area contributed by atoms with E-state index >= 15 is 0 Å². The van der Waals surface area contributed by atoms with Crippen LogP contribution in [0.4, 0.5) is 4.79 Å². The Morgan fingerprint density at radius 1 is 1.50 bits per heavy atom. The summed E-state index contributed by atoms with van der Waals surface area (Å²) in [6.45, 7) is 8.11. The molecule has 1 heterocycles. The first-order valence-electron chi connectivity index (χ1n) is 6.14. The number of aliphatic hydroxyl groups is 1. The summed E-state index contributed by atoms with van der Waals surface area (Å²) in [5, 5.41) is 9.32. The van der Waals surface area contributed by atoms with Gasteiger partial charge in [0.1, 0.15) is 5.60 Å². The highest BCUT2D eigenvalue weighted by molar-refractivity contribution is 5.69. The van der Waals surface area contributed by atoms with E-state index in [9.17, 15) is 9.90 Å². The first-order chi connectivity index (χ1) is 8.17. The molecule has 0 spiro atoms. The maximum absolute atomic E-state index is 12.1. The van der Waals surface area contributed by atoms with Gasteiger partial charge in [0.2, 0.25) is 0 Å². The largest absolute Gasteiger partial charge is 0.444 e. The lowest BCUT2D eigenvalue weighted by molar-refractivity contribution is -0.0563. The molecular formula is C12H24N2O4. The molecule has 1 fully saturated rings. The molecule has 0 bridgehead atoms. The minimum atomic E-state index is -0.905. The average Bonchev–Trinajstić information content (AvgIpc) is 2.27. The molecule has 1 saturated heterocycles. The predicted octanol–water partition coefficient (Wildman–Crippen LogP) is 0.332. The second-order valence-electron chi connectivity index (χ2n) is 5.93. The van der Waals surface area contributed by atoms with Crippen molar-refractivity contribution < 1.29 is 19.4 Å². The Morgan fingerprint density at radius 3 is 2.61 bits per heavy atom. The number of morpholine rings is 1. The van der Waals surface area contributed by atoms with Gasteiger partial charge in [-0.15, -0.1) is 0 Å². The van der Waals surface area contributed by atoms with Crippen molar-refractivity contribution in [3.8, 4) is 0 Å². The predicted molar refractivity (Wildman–Crippen MR) is 67.2 cm³/mol. The number of aliphatic hydroxyl groups excluding tert-OH is 1. The zero-order valence-corrected chi connectivity index (χ0v) is 11.6. The van der Waals surface area contributed by atoms with Gasteiger partial charge in [-0.25, -0.2) is 4.79 Å². The van der Waals surface area contributed by atoms with Crippen molar-refractivity contribution in [2.24, 2.45) is 5.73 Å². The molecule has 3 N–H and O–H groups in total. The van der Waals surface area contributed by atoms with E-state index in [0.717, 1.165) is 0 Å². The SMILES string of the molecule is CC(C)(C)OC(=O)N1CCOCC1C(C)(N)CO. The molecule has 106 valence electrons. The molecule has 0 aliphatic carbocycles. The standard InChI is InChI=1S/C12H24N2O4/c1-11(2,3)18-10(16)14-5-6-17-7-9(14)12(4,13)8-15/h9,15H,5-8,13H2,1-4H3. The molecule has 0 aromatic heterocycles. The van der Waals surface area contributed by atoms with E-state index in [1.54, 1.807) is 11.8 Å². The average molecular weight is 260 g/mol. The number of nitrogens with zero attached hydrogens (tertiary/aromatic N) is 1. The van der Waals surface area contributed by atoms with E-state index in [4.69, 9.17) is 15.2 Å². The van der Waals surface area contributed by atoms with Crippen molar-refractivity contribution in [3.63, 3.8) is 0 Å². The summed E-state index contributed by atoms with van der Waals surface area (Å²) in [7, 11) is 0. The highest BCUT2D eigenvalue weighted by atomic mass is 16.6. The minimum absolute atomic E-state index is 0.222. The summed E-state index contributed by atoms with van der Waals surface area (Å²) >= 11 is 0. The number of amides is 1. The molecule has 1 aliphatic heterocycles. The van der Waals surface area contributed by atoms with Gasteiger partial charge in [-0.3, -0.25) is 4.90 Å². The molecule has 1 rings (SSSR count). The van der Waals surface area contributed by atoms with Gasteiger partial charge in [-0.05, 0) is 27.7 Å². The van der Waals surface area contributed by atoms with Crippen molar-refractivity contribution in [3.05, 3.63) is 0 Å². The fraction of sp³-hybridized carbons (Fsp3) is 0.917. The highest BCUT2D eigenvalue weighted by Gasteiger charge is 2.40. The van der Waals surface area contributed by atoms with Gasteiger partial charge >= 0.3 is 6.09 Å². The first-order valence-corrected chi connectivity index (χ1v) is 6.14. The summed E-state index contributed by atoms with van der Waals surface area (Å²) in [5.74, 6) is 0. The van der Waals surface area contributed by atoms with E-state index in [1.807, 2.05) is 20.8 Å².